The van der Waals surface area contributed by atoms with Gasteiger partial charge in [-0.1, -0.05) is 19.3 Å². The van der Waals surface area contributed by atoms with Gasteiger partial charge in [0.05, 0.1) is 4.90 Å². The predicted molar refractivity (Wildman–Crippen MR) is 72.7 cm³/mol. The Labute approximate surface area is 108 Å². The Morgan fingerprint density at radius 1 is 1.11 bits per heavy atom. The fourth-order valence-corrected chi connectivity index (χ4v) is 2.94. The Balaban J connectivity index is 2.20. The molecule has 1 aromatic rings. The van der Waals surface area contributed by atoms with Crippen molar-refractivity contribution in [2.75, 3.05) is 11.1 Å². The van der Waals surface area contributed by atoms with E-state index in [1.165, 1.54) is 25.3 Å². The van der Waals surface area contributed by atoms with Crippen molar-refractivity contribution in [3.8, 4) is 0 Å². The van der Waals surface area contributed by atoms with E-state index in [2.05, 4.69) is 5.32 Å². The van der Waals surface area contributed by atoms with Crippen molar-refractivity contribution in [3.63, 3.8) is 0 Å². The molecule has 0 radical (unpaired) electrons. The molecule has 0 aliphatic heterocycles. The Morgan fingerprint density at radius 2 is 1.78 bits per heavy atom. The summed E-state index contributed by atoms with van der Waals surface area (Å²) >= 11 is 0. The summed E-state index contributed by atoms with van der Waals surface area (Å²) in [5.41, 5.74) is 6.83. The molecule has 6 heteroatoms. The van der Waals surface area contributed by atoms with Crippen LogP contribution in [0.2, 0.25) is 0 Å². The van der Waals surface area contributed by atoms with Crippen molar-refractivity contribution in [2.45, 2.75) is 43.0 Å². The molecule has 1 fully saturated rings. The van der Waals surface area contributed by atoms with Gasteiger partial charge in [0.25, 0.3) is 0 Å². The molecule has 0 unspecified atom stereocenters. The molecule has 0 spiro atoms. The van der Waals surface area contributed by atoms with Crippen LogP contribution in [0.25, 0.3) is 0 Å². The van der Waals surface area contributed by atoms with Crippen LogP contribution in [-0.4, -0.2) is 14.5 Å². The minimum absolute atomic E-state index is 0.0563. The zero-order chi connectivity index (χ0) is 13.2. The Kier molecular flexibility index (Phi) is 3.77. The third kappa shape index (κ3) is 3.36. The van der Waals surface area contributed by atoms with Gasteiger partial charge in [-0.2, -0.15) is 0 Å². The molecule has 0 bridgehead atoms. The first-order valence-corrected chi connectivity index (χ1v) is 7.70. The van der Waals surface area contributed by atoms with Crippen LogP contribution in [0.3, 0.4) is 0 Å². The minimum atomic E-state index is -3.71. The Hall–Kier alpha value is -1.27. The van der Waals surface area contributed by atoms with E-state index >= 15 is 0 Å². The molecule has 0 amide bonds. The van der Waals surface area contributed by atoms with E-state index in [9.17, 15) is 8.42 Å². The normalized spacial score (nSPS) is 17.6. The maximum absolute atomic E-state index is 11.3. The Bertz CT molecular complexity index is 522. The van der Waals surface area contributed by atoms with E-state index in [1.54, 1.807) is 12.1 Å². The molecule has 1 saturated carbocycles. The Morgan fingerprint density at radius 3 is 2.39 bits per heavy atom. The summed E-state index contributed by atoms with van der Waals surface area (Å²) < 4.78 is 22.6. The lowest BCUT2D eigenvalue weighted by Gasteiger charge is -2.24. The van der Waals surface area contributed by atoms with E-state index in [-0.39, 0.29) is 4.90 Å². The summed E-state index contributed by atoms with van der Waals surface area (Å²) in [4.78, 5) is 0.0563. The van der Waals surface area contributed by atoms with Gasteiger partial charge in [-0.05, 0) is 31.0 Å². The highest BCUT2D eigenvalue weighted by atomic mass is 32.2. The molecule has 2 rings (SSSR count). The SMILES string of the molecule is Nc1cc(NC2CCCCC2)cc(S(N)(=O)=O)c1. The highest BCUT2D eigenvalue weighted by molar-refractivity contribution is 7.89. The highest BCUT2D eigenvalue weighted by Crippen LogP contribution is 2.24. The lowest BCUT2D eigenvalue weighted by molar-refractivity contribution is 0.462. The third-order valence-corrected chi connectivity index (χ3v) is 4.13. The minimum Gasteiger partial charge on any atom is -0.399 e. The van der Waals surface area contributed by atoms with Gasteiger partial charge in [0, 0.05) is 17.4 Å². The van der Waals surface area contributed by atoms with Crippen molar-refractivity contribution >= 4 is 21.4 Å². The van der Waals surface area contributed by atoms with Gasteiger partial charge in [0.15, 0.2) is 0 Å². The van der Waals surface area contributed by atoms with Gasteiger partial charge in [-0.15, -0.1) is 0 Å². The molecule has 1 aliphatic carbocycles. The van der Waals surface area contributed by atoms with Crippen molar-refractivity contribution in [2.24, 2.45) is 5.14 Å². The summed E-state index contributed by atoms with van der Waals surface area (Å²) in [5, 5.41) is 8.45. The zero-order valence-electron chi connectivity index (χ0n) is 10.2. The molecule has 18 heavy (non-hydrogen) atoms. The van der Waals surface area contributed by atoms with E-state index in [0.29, 0.717) is 11.7 Å². The first kappa shape index (κ1) is 13.2. The summed E-state index contributed by atoms with van der Waals surface area (Å²) in [7, 11) is -3.71. The van der Waals surface area contributed by atoms with Gasteiger partial charge in [0.2, 0.25) is 10.0 Å². The van der Waals surface area contributed by atoms with Crippen LogP contribution in [0, 0.1) is 0 Å². The van der Waals surface area contributed by atoms with Crippen LogP contribution in [0.1, 0.15) is 32.1 Å². The summed E-state index contributed by atoms with van der Waals surface area (Å²) in [5.74, 6) is 0. The number of anilines is 2. The fraction of sp³-hybridized carbons (Fsp3) is 0.500. The van der Waals surface area contributed by atoms with Gasteiger partial charge < -0.3 is 11.1 Å². The average Bonchev–Trinajstić information content (AvgIpc) is 2.28. The predicted octanol–water partition coefficient (Wildman–Crippen LogP) is 1.66. The van der Waals surface area contributed by atoms with Gasteiger partial charge in [-0.25, -0.2) is 13.6 Å². The lowest BCUT2D eigenvalue weighted by Crippen LogP contribution is -2.22. The number of rotatable bonds is 3. The molecule has 0 atom stereocenters. The second-order valence-electron chi connectivity index (χ2n) is 4.82. The van der Waals surface area contributed by atoms with E-state index in [0.717, 1.165) is 18.5 Å². The standard InChI is InChI=1S/C12H19N3O2S/c13-9-6-11(8-12(7-9)18(14,16)17)15-10-4-2-1-3-5-10/h6-8,10,15H,1-5,13H2,(H2,14,16,17). The maximum Gasteiger partial charge on any atom is 0.238 e. The number of hydrogen-bond acceptors (Lipinski definition) is 4. The first-order valence-electron chi connectivity index (χ1n) is 6.15. The third-order valence-electron chi connectivity index (χ3n) is 3.23. The number of nitrogens with one attached hydrogen (secondary N) is 1. The quantitative estimate of drug-likeness (QED) is 0.727. The number of nitrogen functional groups attached to an aromatic ring is 1. The number of benzene rings is 1. The average molecular weight is 269 g/mol. The van der Waals surface area contributed by atoms with E-state index in [1.807, 2.05) is 0 Å². The molecule has 5 nitrogen and oxygen atoms in total. The molecular weight excluding hydrogens is 250 g/mol. The topological polar surface area (TPSA) is 98.2 Å². The number of sulfonamides is 1. The zero-order valence-corrected chi connectivity index (χ0v) is 11.0. The van der Waals surface area contributed by atoms with Crippen molar-refractivity contribution in [3.05, 3.63) is 18.2 Å². The van der Waals surface area contributed by atoms with E-state index < -0.39 is 10.0 Å². The van der Waals surface area contributed by atoms with Crippen LogP contribution >= 0.6 is 0 Å². The highest BCUT2D eigenvalue weighted by Gasteiger charge is 2.15. The largest absolute Gasteiger partial charge is 0.399 e. The van der Waals surface area contributed by atoms with Crippen LogP contribution in [-0.2, 0) is 10.0 Å². The number of hydrogen-bond donors (Lipinski definition) is 3. The molecule has 0 saturated heterocycles. The smallest absolute Gasteiger partial charge is 0.238 e. The van der Waals surface area contributed by atoms with Crippen LogP contribution in [0.5, 0.6) is 0 Å². The summed E-state index contributed by atoms with van der Waals surface area (Å²) in [6, 6.07) is 5.05. The second kappa shape index (κ2) is 5.16. The van der Waals surface area contributed by atoms with Crippen LogP contribution in [0.4, 0.5) is 11.4 Å². The lowest BCUT2D eigenvalue weighted by atomic mass is 9.95. The number of nitrogens with two attached hydrogens (primary N) is 2. The van der Waals surface area contributed by atoms with E-state index in [4.69, 9.17) is 10.9 Å². The van der Waals surface area contributed by atoms with Crippen molar-refractivity contribution in [1.29, 1.82) is 0 Å². The van der Waals surface area contributed by atoms with Gasteiger partial charge in [0.1, 0.15) is 0 Å². The van der Waals surface area contributed by atoms with Crippen LogP contribution < -0.4 is 16.2 Å². The number of primary sulfonamides is 1. The molecule has 100 valence electrons. The molecule has 0 heterocycles. The molecule has 1 aromatic carbocycles. The molecule has 5 N–H and O–H groups in total. The summed E-state index contributed by atoms with van der Waals surface area (Å²) in [6.07, 6.45) is 5.92. The van der Waals surface area contributed by atoms with Crippen molar-refractivity contribution in [1.82, 2.24) is 0 Å². The first-order chi connectivity index (χ1) is 8.45. The summed E-state index contributed by atoms with van der Waals surface area (Å²) in [6.45, 7) is 0. The van der Waals surface area contributed by atoms with Gasteiger partial charge in [-0.3, -0.25) is 0 Å². The fourth-order valence-electron chi connectivity index (χ4n) is 2.35. The molecule has 1 aliphatic rings. The maximum atomic E-state index is 11.3. The van der Waals surface area contributed by atoms with Crippen molar-refractivity contribution < 1.29 is 8.42 Å². The molecule has 0 aromatic heterocycles. The monoisotopic (exact) mass is 269 g/mol. The molecular formula is C12H19N3O2S. The van der Waals surface area contributed by atoms with Crippen LogP contribution in [0.15, 0.2) is 23.1 Å². The second-order valence-corrected chi connectivity index (χ2v) is 6.38. The van der Waals surface area contributed by atoms with Gasteiger partial charge >= 0.3 is 0 Å².